The summed E-state index contributed by atoms with van der Waals surface area (Å²) in [5, 5.41) is 2.84. The SMILES string of the molecule is Cc1ccnc(NC(=O)c2ccc(-c3nc([C@H]4CC[C@@H]5CCN(C)C(=O)N5C4)n4ccnc(N)c34)cc2)c1. The molecule has 3 amide bonds. The molecule has 0 spiro atoms. The number of fused-ring (bicyclic) bond motifs is 2. The summed E-state index contributed by atoms with van der Waals surface area (Å²) in [5.74, 6) is 1.61. The smallest absolute Gasteiger partial charge is 0.320 e. The van der Waals surface area contributed by atoms with Crippen LogP contribution in [0, 0.1) is 6.92 Å². The molecule has 3 aromatic heterocycles. The van der Waals surface area contributed by atoms with Crippen LogP contribution in [0.5, 0.6) is 0 Å². The molecule has 194 valence electrons. The van der Waals surface area contributed by atoms with Crippen LogP contribution in [0.3, 0.4) is 0 Å². The summed E-state index contributed by atoms with van der Waals surface area (Å²) >= 11 is 0. The van der Waals surface area contributed by atoms with Gasteiger partial charge < -0.3 is 20.9 Å². The van der Waals surface area contributed by atoms with E-state index in [2.05, 4.69) is 15.3 Å². The summed E-state index contributed by atoms with van der Waals surface area (Å²) in [6.45, 7) is 3.38. The lowest BCUT2D eigenvalue weighted by Crippen LogP contribution is -2.56. The third kappa shape index (κ3) is 4.21. The molecule has 10 heteroatoms. The van der Waals surface area contributed by atoms with Gasteiger partial charge >= 0.3 is 6.03 Å². The highest BCUT2D eigenvalue weighted by Crippen LogP contribution is 2.37. The number of amides is 3. The van der Waals surface area contributed by atoms with Gasteiger partial charge in [0.05, 0.1) is 0 Å². The second kappa shape index (κ2) is 9.44. The van der Waals surface area contributed by atoms with Crippen LogP contribution in [-0.4, -0.2) is 67.3 Å². The number of carbonyl (C=O) groups is 2. The molecule has 2 atom stereocenters. The number of aromatic nitrogens is 4. The quantitative estimate of drug-likeness (QED) is 0.429. The Labute approximate surface area is 220 Å². The molecular weight excluding hydrogens is 480 g/mol. The van der Waals surface area contributed by atoms with Crippen molar-refractivity contribution in [2.75, 3.05) is 31.2 Å². The predicted octanol–water partition coefficient (Wildman–Crippen LogP) is 3.94. The number of benzene rings is 1. The highest BCUT2D eigenvalue weighted by Gasteiger charge is 2.38. The van der Waals surface area contributed by atoms with Gasteiger partial charge in [0.15, 0.2) is 0 Å². The first kappa shape index (κ1) is 23.9. The Balaban J connectivity index is 1.31. The van der Waals surface area contributed by atoms with Gasteiger partial charge in [0.25, 0.3) is 5.91 Å². The van der Waals surface area contributed by atoms with Crippen LogP contribution >= 0.6 is 0 Å². The maximum absolute atomic E-state index is 12.9. The van der Waals surface area contributed by atoms with Crippen molar-refractivity contribution in [1.29, 1.82) is 0 Å². The number of nitrogens with zero attached hydrogens (tertiary/aromatic N) is 6. The zero-order valence-corrected chi connectivity index (χ0v) is 21.5. The number of rotatable bonds is 4. The van der Waals surface area contributed by atoms with Gasteiger partial charge in [0.1, 0.15) is 28.7 Å². The molecule has 0 aliphatic carbocycles. The average Bonchev–Trinajstić information content (AvgIpc) is 3.32. The molecule has 0 bridgehead atoms. The summed E-state index contributed by atoms with van der Waals surface area (Å²) in [6, 6.07) is 11.4. The van der Waals surface area contributed by atoms with E-state index in [1.807, 2.05) is 53.7 Å². The predicted molar refractivity (Wildman–Crippen MR) is 145 cm³/mol. The van der Waals surface area contributed by atoms with Crippen LogP contribution in [0.4, 0.5) is 16.4 Å². The van der Waals surface area contributed by atoms with Crippen molar-refractivity contribution in [2.24, 2.45) is 0 Å². The molecule has 0 saturated carbocycles. The lowest BCUT2D eigenvalue weighted by molar-refractivity contribution is 0.0805. The van der Waals surface area contributed by atoms with Gasteiger partial charge in [-0.15, -0.1) is 0 Å². The monoisotopic (exact) mass is 510 g/mol. The average molecular weight is 511 g/mol. The molecule has 2 aliphatic rings. The van der Waals surface area contributed by atoms with Crippen LogP contribution in [0.25, 0.3) is 16.8 Å². The third-order valence-electron chi connectivity index (χ3n) is 7.63. The lowest BCUT2D eigenvalue weighted by Gasteiger charge is -2.45. The van der Waals surface area contributed by atoms with E-state index < -0.39 is 0 Å². The molecule has 10 nitrogen and oxygen atoms in total. The summed E-state index contributed by atoms with van der Waals surface area (Å²) < 4.78 is 2.00. The third-order valence-corrected chi connectivity index (χ3v) is 7.63. The molecule has 6 rings (SSSR count). The number of carbonyl (C=O) groups excluding carboxylic acids is 2. The van der Waals surface area contributed by atoms with Gasteiger partial charge in [-0.25, -0.2) is 19.7 Å². The van der Waals surface area contributed by atoms with Gasteiger partial charge in [-0.2, -0.15) is 0 Å². The molecule has 5 heterocycles. The van der Waals surface area contributed by atoms with Crippen molar-refractivity contribution in [2.45, 2.75) is 38.1 Å². The molecule has 38 heavy (non-hydrogen) atoms. The number of nitrogen functional groups attached to an aromatic ring is 1. The minimum Gasteiger partial charge on any atom is -0.382 e. The van der Waals surface area contributed by atoms with Crippen LogP contribution in [0.15, 0.2) is 55.0 Å². The number of nitrogens with two attached hydrogens (primary N) is 1. The highest BCUT2D eigenvalue weighted by atomic mass is 16.2. The number of hydrogen-bond acceptors (Lipinski definition) is 6. The largest absolute Gasteiger partial charge is 0.382 e. The number of urea groups is 1. The Morgan fingerprint density at radius 2 is 1.89 bits per heavy atom. The Morgan fingerprint density at radius 1 is 1.08 bits per heavy atom. The van der Waals surface area contributed by atoms with Crippen molar-refractivity contribution < 1.29 is 9.59 Å². The second-order valence-corrected chi connectivity index (χ2v) is 10.2. The standard InChI is InChI=1S/C28H30N8O2/c1-17-9-11-30-22(15-17)32-27(37)19-5-3-18(4-6-19)23-24-25(29)31-12-14-35(24)26(33-23)20-7-8-21-10-13-34(2)28(38)36(21)16-20/h3-6,9,11-12,14-15,20-21H,7-8,10,13,16H2,1-2H3,(H2,29,31)(H,30,32,37)/t20-,21+/m0/s1. The molecule has 4 aromatic rings. The normalized spacial score (nSPS) is 19.5. The van der Waals surface area contributed by atoms with E-state index in [1.54, 1.807) is 29.4 Å². The van der Waals surface area contributed by atoms with Crippen molar-refractivity contribution >= 4 is 29.1 Å². The molecule has 2 fully saturated rings. The summed E-state index contributed by atoms with van der Waals surface area (Å²) in [7, 11) is 1.86. The number of imidazole rings is 1. The van der Waals surface area contributed by atoms with Crippen LogP contribution in [-0.2, 0) is 0 Å². The first-order valence-electron chi connectivity index (χ1n) is 12.9. The zero-order valence-electron chi connectivity index (χ0n) is 21.5. The zero-order chi connectivity index (χ0) is 26.4. The van der Waals surface area contributed by atoms with E-state index in [0.29, 0.717) is 35.5 Å². The minimum atomic E-state index is -0.237. The molecule has 2 aliphatic heterocycles. The Morgan fingerprint density at radius 3 is 2.68 bits per heavy atom. The van der Waals surface area contributed by atoms with Gasteiger partial charge in [0, 0.05) is 61.8 Å². The molecular formula is C28H30N8O2. The van der Waals surface area contributed by atoms with Crippen molar-refractivity contribution in [3.63, 3.8) is 0 Å². The molecule has 0 radical (unpaired) electrons. The number of pyridine rings is 1. The molecule has 3 N–H and O–H groups in total. The fraction of sp³-hybridized carbons (Fsp3) is 0.321. The number of aryl methyl sites for hydroxylation is 1. The van der Waals surface area contributed by atoms with Crippen LogP contribution < -0.4 is 11.1 Å². The second-order valence-electron chi connectivity index (χ2n) is 10.2. The van der Waals surface area contributed by atoms with E-state index in [4.69, 9.17) is 10.7 Å². The maximum atomic E-state index is 12.9. The number of anilines is 2. The number of piperidine rings is 1. The van der Waals surface area contributed by atoms with E-state index >= 15 is 0 Å². The number of nitrogens with one attached hydrogen (secondary N) is 1. The molecule has 0 unspecified atom stereocenters. The first-order valence-corrected chi connectivity index (χ1v) is 12.9. The maximum Gasteiger partial charge on any atom is 0.320 e. The Hall–Kier alpha value is -4.47. The van der Waals surface area contributed by atoms with Crippen molar-refractivity contribution in [3.8, 4) is 11.3 Å². The van der Waals surface area contributed by atoms with E-state index in [9.17, 15) is 9.59 Å². The fourth-order valence-electron chi connectivity index (χ4n) is 5.58. The van der Waals surface area contributed by atoms with Gasteiger partial charge in [0.2, 0.25) is 0 Å². The van der Waals surface area contributed by atoms with Crippen LogP contribution in [0.1, 0.15) is 46.9 Å². The van der Waals surface area contributed by atoms with E-state index in [1.165, 1.54) is 0 Å². The van der Waals surface area contributed by atoms with Gasteiger partial charge in [-0.3, -0.25) is 9.20 Å². The lowest BCUT2D eigenvalue weighted by atomic mass is 9.89. The van der Waals surface area contributed by atoms with Crippen LogP contribution in [0.2, 0.25) is 0 Å². The van der Waals surface area contributed by atoms with Crippen molar-refractivity contribution in [3.05, 3.63) is 71.9 Å². The summed E-state index contributed by atoms with van der Waals surface area (Å²) in [5.41, 5.74) is 10.1. The van der Waals surface area contributed by atoms with Gasteiger partial charge in [-0.05, 0) is 56.0 Å². The number of hydrogen-bond donors (Lipinski definition) is 2. The summed E-state index contributed by atoms with van der Waals surface area (Å²) in [4.78, 5) is 43.0. The molecule has 2 saturated heterocycles. The summed E-state index contributed by atoms with van der Waals surface area (Å²) in [6.07, 6.45) is 8.12. The first-order chi connectivity index (χ1) is 18.4. The Kier molecular flexibility index (Phi) is 5.94. The minimum absolute atomic E-state index is 0.0802. The Bertz CT molecular complexity index is 1530. The van der Waals surface area contributed by atoms with Crippen molar-refractivity contribution in [1.82, 2.24) is 29.2 Å². The topological polar surface area (TPSA) is 122 Å². The highest BCUT2D eigenvalue weighted by molar-refractivity contribution is 6.04. The van der Waals surface area contributed by atoms with Gasteiger partial charge in [-0.1, -0.05) is 12.1 Å². The molecule has 1 aromatic carbocycles. The van der Waals surface area contributed by atoms with E-state index in [0.717, 1.165) is 48.3 Å². The van der Waals surface area contributed by atoms with E-state index in [-0.39, 0.29) is 17.9 Å². The fourth-order valence-corrected chi connectivity index (χ4v) is 5.58.